The van der Waals surface area contributed by atoms with Gasteiger partial charge in [-0.2, -0.15) is 0 Å². The second-order valence-electron chi connectivity index (χ2n) is 4.91. The molecule has 116 valence electrons. The Labute approximate surface area is 132 Å². The number of aldehydes is 1. The third-order valence-corrected chi connectivity index (χ3v) is 3.63. The van der Waals surface area contributed by atoms with Crippen LogP contribution in [0.3, 0.4) is 0 Å². The van der Waals surface area contributed by atoms with E-state index in [4.69, 9.17) is 13.9 Å². The van der Waals surface area contributed by atoms with Crippen LogP contribution in [0, 0.1) is 0 Å². The van der Waals surface area contributed by atoms with Crippen LogP contribution in [-0.2, 0) is 0 Å². The Morgan fingerprint density at radius 1 is 0.913 bits per heavy atom. The molecule has 0 unspecified atom stereocenters. The van der Waals surface area contributed by atoms with Gasteiger partial charge < -0.3 is 13.9 Å². The summed E-state index contributed by atoms with van der Waals surface area (Å²) < 4.78 is 15.6. The first-order valence-corrected chi connectivity index (χ1v) is 6.91. The Hall–Kier alpha value is -3.08. The van der Waals surface area contributed by atoms with Crippen molar-refractivity contribution in [2.24, 2.45) is 0 Å². The number of benzene rings is 2. The molecule has 0 saturated carbocycles. The minimum Gasteiger partial charge on any atom is -0.497 e. The van der Waals surface area contributed by atoms with Gasteiger partial charge >= 0.3 is 5.63 Å². The largest absolute Gasteiger partial charge is 0.497 e. The summed E-state index contributed by atoms with van der Waals surface area (Å²) in [7, 11) is 3.09. The highest BCUT2D eigenvalue weighted by Gasteiger charge is 2.13. The van der Waals surface area contributed by atoms with Crippen LogP contribution >= 0.6 is 0 Å². The number of ether oxygens (including phenoxy) is 2. The van der Waals surface area contributed by atoms with E-state index in [1.807, 2.05) is 0 Å². The average molecular weight is 310 g/mol. The summed E-state index contributed by atoms with van der Waals surface area (Å²) in [5.41, 5.74) is 1.62. The van der Waals surface area contributed by atoms with Crippen molar-refractivity contribution in [1.82, 2.24) is 0 Å². The zero-order valence-corrected chi connectivity index (χ0v) is 12.7. The lowest BCUT2D eigenvalue weighted by atomic mass is 9.97. The molecule has 0 radical (unpaired) electrons. The van der Waals surface area contributed by atoms with Crippen molar-refractivity contribution >= 4 is 17.3 Å². The number of fused-ring (bicyclic) bond motifs is 1. The first kappa shape index (κ1) is 14.8. The molecule has 0 N–H and O–H groups in total. The Morgan fingerprint density at radius 2 is 1.61 bits per heavy atom. The van der Waals surface area contributed by atoms with E-state index in [1.54, 1.807) is 43.5 Å². The highest BCUT2D eigenvalue weighted by Crippen LogP contribution is 2.33. The Balaban J connectivity index is 2.35. The maximum Gasteiger partial charge on any atom is 0.336 e. The maximum atomic E-state index is 11.8. The zero-order chi connectivity index (χ0) is 16.4. The second-order valence-corrected chi connectivity index (χ2v) is 4.91. The summed E-state index contributed by atoms with van der Waals surface area (Å²) in [5.74, 6) is 1.20. The molecule has 0 spiro atoms. The van der Waals surface area contributed by atoms with Crippen LogP contribution in [0.4, 0.5) is 0 Å². The van der Waals surface area contributed by atoms with Crippen LogP contribution in [0.1, 0.15) is 10.4 Å². The van der Waals surface area contributed by atoms with Crippen LogP contribution in [0.15, 0.2) is 51.7 Å². The van der Waals surface area contributed by atoms with Crippen molar-refractivity contribution < 1.29 is 18.7 Å². The molecule has 0 aliphatic carbocycles. The molecule has 0 fully saturated rings. The molecule has 0 atom stereocenters. The Kier molecular flexibility index (Phi) is 3.85. The SMILES string of the molecule is COc1ccc(-c2cc(=O)oc3ccc(OC)cc23)c(C=O)c1. The van der Waals surface area contributed by atoms with E-state index in [0.29, 0.717) is 39.2 Å². The van der Waals surface area contributed by atoms with E-state index >= 15 is 0 Å². The molecule has 3 rings (SSSR count). The van der Waals surface area contributed by atoms with Gasteiger partial charge in [0.05, 0.1) is 14.2 Å². The molecule has 3 aromatic rings. The Bertz CT molecular complexity index is 940. The fraction of sp³-hybridized carbons (Fsp3) is 0.111. The van der Waals surface area contributed by atoms with Crippen LogP contribution in [0.2, 0.25) is 0 Å². The number of carbonyl (C=O) groups excluding carboxylic acids is 1. The molecule has 0 aliphatic heterocycles. The van der Waals surface area contributed by atoms with E-state index in [0.717, 1.165) is 6.29 Å². The van der Waals surface area contributed by atoms with Gasteiger partial charge in [-0.3, -0.25) is 4.79 Å². The molecule has 5 nitrogen and oxygen atoms in total. The predicted octanol–water partition coefficient (Wildman–Crippen LogP) is 3.29. The number of rotatable bonds is 4. The van der Waals surface area contributed by atoms with E-state index in [1.165, 1.54) is 13.2 Å². The molecular formula is C18H14O5. The molecule has 0 bridgehead atoms. The fourth-order valence-corrected chi connectivity index (χ4v) is 2.50. The summed E-state index contributed by atoms with van der Waals surface area (Å²) in [6.45, 7) is 0. The van der Waals surface area contributed by atoms with Gasteiger partial charge in [-0.25, -0.2) is 4.79 Å². The van der Waals surface area contributed by atoms with E-state index in [-0.39, 0.29) is 0 Å². The third-order valence-electron chi connectivity index (χ3n) is 3.63. The molecule has 5 heteroatoms. The molecule has 1 aromatic heterocycles. The average Bonchev–Trinajstić information content (AvgIpc) is 2.60. The van der Waals surface area contributed by atoms with Crippen molar-refractivity contribution in [2.75, 3.05) is 14.2 Å². The highest BCUT2D eigenvalue weighted by molar-refractivity contribution is 5.99. The van der Waals surface area contributed by atoms with Gasteiger partial charge in [-0.1, -0.05) is 0 Å². The second kappa shape index (κ2) is 5.96. The smallest absolute Gasteiger partial charge is 0.336 e. The monoisotopic (exact) mass is 310 g/mol. The fourth-order valence-electron chi connectivity index (χ4n) is 2.50. The minimum absolute atomic E-state index is 0.430. The van der Waals surface area contributed by atoms with Crippen molar-refractivity contribution in [3.63, 3.8) is 0 Å². The lowest BCUT2D eigenvalue weighted by molar-refractivity contribution is 0.112. The van der Waals surface area contributed by atoms with Crippen molar-refractivity contribution in [2.45, 2.75) is 0 Å². The summed E-state index contributed by atoms with van der Waals surface area (Å²) in [5, 5.41) is 0.692. The van der Waals surface area contributed by atoms with Gasteiger partial charge in [0.15, 0.2) is 6.29 Å². The summed E-state index contributed by atoms with van der Waals surface area (Å²) >= 11 is 0. The molecule has 1 heterocycles. The van der Waals surface area contributed by atoms with Crippen LogP contribution in [0.5, 0.6) is 11.5 Å². The lowest BCUT2D eigenvalue weighted by Gasteiger charge is -2.10. The molecule has 0 aliphatic rings. The van der Waals surface area contributed by atoms with E-state index in [9.17, 15) is 9.59 Å². The molecule has 0 saturated heterocycles. The molecular weight excluding hydrogens is 296 g/mol. The standard InChI is InChI=1S/C18H14O5/c1-21-12-3-5-14(11(7-12)10-19)15-9-18(20)23-17-6-4-13(22-2)8-16(15)17/h3-10H,1-2H3. The predicted molar refractivity (Wildman–Crippen MR) is 86.4 cm³/mol. The van der Waals surface area contributed by atoms with Crippen molar-refractivity contribution in [3.05, 3.63) is 58.4 Å². The highest BCUT2D eigenvalue weighted by atomic mass is 16.5. The van der Waals surface area contributed by atoms with Crippen LogP contribution < -0.4 is 15.1 Å². The van der Waals surface area contributed by atoms with Crippen LogP contribution in [-0.4, -0.2) is 20.5 Å². The molecule has 2 aromatic carbocycles. The molecule has 0 amide bonds. The van der Waals surface area contributed by atoms with Gasteiger partial charge in [-0.15, -0.1) is 0 Å². The number of carbonyl (C=O) groups is 1. The normalized spacial score (nSPS) is 10.5. The van der Waals surface area contributed by atoms with Gasteiger partial charge in [0.25, 0.3) is 0 Å². The van der Waals surface area contributed by atoms with Crippen molar-refractivity contribution in [3.8, 4) is 22.6 Å². The number of methoxy groups -OCH3 is 2. The third kappa shape index (κ3) is 2.68. The van der Waals surface area contributed by atoms with Gasteiger partial charge in [0, 0.05) is 22.6 Å². The number of hydrogen-bond donors (Lipinski definition) is 0. The minimum atomic E-state index is -0.481. The zero-order valence-electron chi connectivity index (χ0n) is 12.7. The van der Waals surface area contributed by atoms with Gasteiger partial charge in [-0.05, 0) is 42.0 Å². The lowest BCUT2D eigenvalue weighted by Crippen LogP contribution is -2.00. The van der Waals surface area contributed by atoms with E-state index in [2.05, 4.69) is 0 Å². The quantitative estimate of drug-likeness (QED) is 0.546. The summed E-state index contributed by atoms with van der Waals surface area (Å²) in [4.78, 5) is 23.3. The number of hydrogen-bond acceptors (Lipinski definition) is 5. The van der Waals surface area contributed by atoms with Gasteiger partial charge in [0.2, 0.25) is 0 Å². The van der Waals surface area contributed by atoms with E-state index < -0.39 is 5.63 Å². The first-order chi connectivity index (χ1) is 11.2. The van der Waals surface area contributed by atoms with Crippen molar-refractivity contribution in [1.29, 1.82) is 0 Å². The first-order valence-electron chi connectivity index (χ1n) is 6.91. The van der Waals surface area contributed by atoms with Gasteiger partial charge in [0.1, 0.15) is 17.1 Å². The topological polar surface area (TPSA) is 65.7 Å². The summed E-state index contributed by atoms with van der Waals surface area (Å²) in [6, 6.07) is 11.6. The van der Waals surface area contributed by atoms with Crippen LogP contribution in [0.25, 0.3) is 22.1 Å². The Morgan fingerprint density at radius 3 is 2.30 bits per heavy atom. The molecule has 23 heavy (non-hydrogen) atoms. The maximum absolute atomic E-state index is 11.8. The summed E-state index contributed by atoms with van der Waals surface area (Å²) in [6.07, 6.45) is 0.735.